The third-order valence-corrected chi connectivity index (χ3v) is 1.26. The predicted octanol–water partition coefficient (Wildman–Crippen LogP) is 0.935. The number of cyclic esters (lactones) is 1. The molecule has 0 spiro atoms. The standard InChI is InChI=1S/C9H10O4/c1-6(2)5-8(11)13-9-4-3-7(10)12-9/h3-5,9H,1-2H3. The molecule has 1 aliphatic rings. The summed E-state index contributed by atoms with van der Waals surface area (Å²) in [4.78, 5) is 21.5. The summed E-state index contributed by atoms with van der Waals surface area (Å²) in [6.07, 6.45) is 3.08. The molecular weight excluding hydrogens is 172 g/mol. The normalized spacial score (nSPS) is 19.5. The van der Waals surface area contributed by atoms with Crippen LogP contribution >= 0.6 is 0 Å². The van der Waals surface area contributed by atoms with Crippen molar-refractivity contribution in [3.05, 3.63) is 23.8 Å². The summed E-state index contributed by atoms with van der Waals surface area (Å²) in [6, 6.07) is 0. The second kappa shape index (κ2) is 3.89. The van der Waals surface area contributed by atoms with Crippen molar-refractivity contribution in [1.82, 2.24) is 0 Å². The summed E-state index contributed by atoms with van der Waals surface area (Å²) >= 11 is 0. The molecule has 1 atom stereocenters. The lowest BCUT2D eigenvalue weighted by atomic mass is 10.3. The molecule has 0 saturated heterocycles. The van der Waals surface area contributed by atoms with E-state index in [9.17, 15) is 9.59 Å². The second-order valence-corrected chi connectivity index (χ2v) is 2.82. The Morgan fingerprint density at radius 1 is 1.62 bits per heavy atom. The van der Waals surface area contributed by atoms with E-state index in [0.29, 0.717) is 0 Å². The molecule has 4 nitrogen and oxygen atoms in total. The Morgan fingerprint density at radius 2 is 2.31 bits per heavy atom. The molecule has 0 amide bonds. The lowest BCUT2D eigenvalue weighted by molar-refractivity contribution is -0.168. The molecule has 0 aromatic heterocycles. The van der Waals surface area contributed by atoms with Crippen LogP contribution in [0, 0.1) is 0 Å². The van der Waals surface area contributed by atoms with E-state index in [1.54, 1.807) is 13.8 Å². The lowest BCUT2D eigenvalue weighted by Gasteiger charge is -2.07. The quantitative estimate of drug-likeness (QED) is 0.471. The van der Waals surface area contributed by atoms with Crippen molar-refractivity contribution >= 4 is 11.9 Å². The van der Waals surface area contributed by atoms with Gasteiger partial charge >= 0.3 is 11.9 Å². The molecule has 13 heavy (non-hydrogen) atoms. The van der Waals surface area contributed by atoms with Crippen molar-refractivity contribution < 1.29 is 19.1 Å². The van der Waals surface area contributed by atoms with E-state index >= 15 is 0 Å². The van der Waals surface area contributed by atoms with Crippen LogP contribution in [0.4, 0.5) is 0 Å². The first kappa shape index (κ1) is 9.51. The summed E-state index contributed by atoms with van der Waals surface area (Å²) < 4.78 is 9.34. The fourth-order valence-corrected chi connectivity index (χ4v) is 0.798. The van der Waals surface area contributed by atoms with Crippen LogP contribution in [0.2, 0.25) is 0 Å². The highest BCUT2D eigenvalue weighted by Gasteiger charge is 2.19. The largest absolute Gasteiger partial charge is 0.418 e. The summed E-state index contributed by atoms with van der Waals surface area (Å²) in [5, 5.41) is 0. The van der Waals surface area contributed by atoms with Gasteiger partial charge in [-0.1, -0.05) is 5.57 Å². The van der Waals surface area contributed by atoms with Crippen molar-refractivity contribution in [3.8, 4) is 0 Å². The maximum atomic E-state index is 11.0. The minimum atomic E-state index is -0.865. The Kier molecular flexibility index (Phi) is 2.84. The van der Waals surface area contributed by atoms with Gasteiger partial charge in [0.2, 0.25) is 0 Å². The highest BCUT2D eigenvalue weighted by molar-refractivity contribution is 5.86. The van der Waals surface area contributed by atoms with Gasteiger partial charge in [-0.05, 0) is 13.8 Å². The molecular formula is C9H10O4. The van der Waals surface area contributed by atoms with Gasteiger partial charge in [0.05, 0.1) is 0 Å². The van der Waals surface area contributed by atoms with Crippen LogP contribution in [0.25, 0.3) is 0 Å². The van der Waals surface area contributed by atoms with Gasteiger partial charge in [0.15, 0.2) is 0 Å². The molecule has 0 fully saturated rings. The van der Waals surface area contributed by atoms with Gasteiger partial charge in [-0.25, -0.2) is 9.59 Å². The molecule has 70 valence electrons. The molecule has 1 heterocycles. The zero-order valence-electron chi connectivity index (χ0n) is 7.44. The number of hydrogen-bond acceptors (Lipinski definition) is 4. The first-order chi connectivity index (χ1) is 6.08. The number of allylic oxidation sites excluding steroid dienone is 1. The van der Waals surface area contributed by atoms with E-state index in [4.69, 9.17) is 4.74 Å². The Morgan fingerprint density at radius 3 is 2.77 bits per heavy atom. The van der Waals surface area contributed by atoms with Crippen molar-refractivity contribution in [3.63, 3.8) is 0 Å². The minimum absolute atomic E-state index is 0.491. The highest BCUT2D eigenvalue weighted by atomic mass is 16.7. The van der Waals surface area contributed by atoms with Crippen LogP contribution in [-0.2, 0) is 19.1 Å². The van der Waals surface area contributed by atoms with Gasteiger partial charge in [-0.15, -0.1) is 0 Å². The van der Waals surface area contributed by atoms with E-state index in [0.717, 1.165) is 5.57 Å². The minimum Gasteiger partial charge on any atom is -0.418 e. The first-order valence-electron chi connectivity index (χ1n) is 3.82. The SMILES string of the molecule is CC(C)=CC(=O)OC1C=CC(=O)O1. The van der Waals surface area contributed by atoms with Gasteiger partial charge in [-0.3, -0.25) is 0 Å². The molecule has 0 aliphatic carbocycles. The van der Waals surface area contributed by atoms with Crippen LogP contribution in [-0.4, -0.2) is 18.2 Å². The van der Waals surface area contributed by atoms with E-state index < -0.39 is 18.2 Å². The van der Waals surface area contributed by atoms with Crippen LogP contribution in [0.1, 0.15) is 13.8 Å². The lowest BCUT2D eigenvalue weighted by Crippen LogP contribution is -2.16. The zero-order valence-corrected chi connectivity index (χ0v) is 7.44. The van der Waals surface area contributed by atoms with Crippen LogP contribution in [0.3, 0.4) is 0 Å². The number of hydrogen-bond donors (Lipinski definition) is 0. The molecule has 0 aromatic rings. The molecule has 0 saturated carbocycles. The van der Waals surface area contributed by atoms with Crippen molar-refractivity contribution in [2.24, 2.45) is 0 Å². The topological polar surface area (TPSA) is 52.6 Å². The summed E-state index contributed by atoms with van der Waals surface area (Å²) in [6.45, 7) is 3.55. The molecule has 0 radical (unpaired) electrons. The Bertz CT molecular complexity index is 284. The average molecular weight is 182 g/mol. The number of esters is 2. The molecule has 1 aliphatic heterocycles. The zero-order chi connectivity index (χ0) is 9.84. The maximum Gasteiger partial charge on any atom is 0.334 e. The number of carbonyl (C=O) groups is 2. The van der Waals surface area contributed by atoms with Gasteiger partial charge in [-0.2, -0.15) is 0 Å². The molecule has 0 bridgehead atoms. The Balaban J connectivity index is 2.42. The van der Waals surface area contributed by atoms with Gasteiger partial charge in [0.1, 0.15) is 0 Å². The fraction of sp³-hybridized carbons (Fsp3) is 0.333. The third-order valence-electron chi connectivity index (χ3n) is 1.26. The summed E-state index contributed by atoms with van der Waals surface area (Å²) in [5.74, 6) is -1.00. The monoisotopic (exact) mass is 182 g/mol. The highest BCUT2D eigenvalue weighted by Crippen LogP contribution is 2.07. The second-order valence-electron chi connectivity index (χ2n) is 2.82. The van der Waals surface area contributed by atoms with Crippen LogP contribution in [0.15, 0.2) is 23.8 Å². The Labute approximate surface area is 75.8 Å². The maximum absolute atomic E-state index is 11.0. The third kappa shape index (κ3) is 3.11. The van der Waals surface area contributed by atoms with Gasteiger partial charge in [0.25, 0.3) is 6.29 Å². The molecule has 1 unspecified atom stereocenters. The number of carbonyl (C=O) groups excluding carboxylic acids is 2. The molecule has 4 heteroatoms. The summed E-state index contributed by atoms with van der Waals surface area (Å²) in [5.41, 5.74) is 0.832. The van der Waals surface area contributed by atoms with E-state index in [1.165, 1.54) is 18.2 Å². The Hall–Kier alpha value is -1.58. The van der Waals surface area contributed by atoms with Gasteiger partial charge < -0.3 is 9.47 Å². The predicted molar refractivity (Wildman–Crippen MR) is 44.5 cm³/mol. The van der Waals surface area contributed by atoms with Crippen LogP contribution < -0.4 is 0 Å². The van der Waals surface area contributed by atoms with E-state index in [1.807, 2.05) is 0 Å². The number of ether oxygens (including phenoxy) is 2. The average Bonchev–Trinajstić information content (AvgIpc) is 2.33. The molecule has 1 rings (SSSR count). The summed E-state index contributed by atoms with van der Waals surface area (Å²) in [7, 11) is 0. The number of rotatable bonds is 2. The smallest absolute Gasteiger partial charge is 0.334 e. The van der Waals surface area contributed by atoms with Gasteiger partial charge in [0, 0.05) is 18.2 Å². The van der Waals surface area contributed by atoms with Crippen molar-refractivity contribution in [2.45, 2.75) is 20.1 Å². The van der Waals surface area contributed by atoms with Crippen molar-refractivity contribution in [1.29, 1.82) is 0 Å². The van der Waals surface area contributed by atoms with Crippen LogP contribution in [0.5, 0.6) is 0 Å². The van der Waals surface area contributed by atoms with E-state index in [2.05, 4.69) is 4.74 Å². The molecule has 0 aromatic carbocycles. The fourth-order valence-electron chi connectivity index (χ4n) is 0.798. The molecule has 0 N–H and O–H groups in total. The first-order valence-corrected chi connectivity index (χ1v) is 3.82. The van der Waals surface area contributed by atoms with E-state index in [-0.39, 0.29) is 0 Å². The van der Waals surface area contributed by atoms with Crippen molar-refractivity contribution in [2.75, 3.05) is 0 Å².